The van der Waals surface area contributed by atoms with Crippen LogP contribution in [0.5, 0.6) is 0 Å². The first-order valence-corrected chi connectivity index (χ1v) is 5.36. The summed E-state index contributed by atoms with van der Waals surface area (Å²) in [4.78, 5) is 0. The zero-order valence-electron chi connectivity index (χ0n) is 8.11. The molecule has 0 spiro atoms. The number of hydrogen-bond donors (Lipinski definition) is 0. The molecule has 1 aliphatic carbocycles. The molecule has 0 unspecified atom stereocenters. The van der Waals surface area contributed by atoms with Gasteiger partial charge in [0.2, 0.25) is 0 Å². The van der Waals surface area contributed by atoms with Gasteiger partial charge in [0.15, 0.2) is 0 Å². The number of rotatable bonds is 6. The van der Waals surface area contributed by atoms with Crippen LogP contribution in [0.1, 0.15) is 33.1 Å². The lowest BCUT2D eigenvalue weighted by Gasteiger charge is -2.11. The molecule has 0 aromatic rings. The van der Waals surface area contributed by atoms with Crippen LogP contribution in [-0.4, -0.2) is 19.1 Å². The van der Waals surface area contributed by atoms with Crippen LogP contribution in [0, 0.1) is 11.3 Å². The third-order valence-electron chi connectivity index (χ3n) is 2.47. The molecule has 0 amide bonds. The second-order valence-corrected chi connectivity index (χ2v) is 4.62. The highest BCUT2D eigenvalue weighted by atomic mass is 35.5. The molecule has 0 heterocycles. The highest BCUT2D eigenvalue weighted by molar-refractivity contribution is 6.18. The first-order chi connectivity index (χ1) is 5.68. The summed E-state index contributed by atoms with van der Waals surface area (Å²) in [6.45, 7) is 6.13. The van der Waals surface area contributed by atoms with Gasteiger partial charge in [-0.25, -0.2) is 0 Å². The maximum Gasteiger partial charge on any atom is 0.0488 e. The van der Waals surface area contributed by atoms with Crippen molar-refractivity contribution in [3.05, 3.63) is 0 Å². The van der Waals surface area contributed by atoms with Crippen LogP contribution in [0.2, 0.25) is 0 Å². The summed E-state index contributed by atoms with van der Waals surface area (Å²) in [6, 6.07) is 0. The van der Waals surface area contributed by atoms with Crippen LogP contribution < -0.4 is 0 Å². The molecule has 0 aliphatic heterocycles. The summed E-state index contributed by atoms with van der Waals surface area (Å²) < 4.78 is 5.51. The molecule has 1 saturated carbocycles. The fourth-order valence-corrected chi connectivity index (χ4v) is 1.64. The van der Waals surface area contributed by atoms with E-state index in [0.29, 0.717) is 11.3 Å². The van der Waals surface area contributed by atoms with Crippen LogP contribution in [0.3, 0.4) is 0 Å². The number of ether oxygens (including phenoxy) is 1. The first kappa shape index (κ1) is 10.3. The van der Waals surface area contributed by atoms with E-state index in [4.69, 9.17) is 16.3 Å². The average Bonchev–Trinajstić information content (AvgIpc) is 2.79. The predicted molar refractivity (Wildman–Crippen MR) is 52.7 cm³/mol. The van der Waals surface area contributed by atoms with Gasteiger partial charge in [-0.1, -0.05) is 13.8 Å². The Labute approximate surface area is 80.4 Å². The van der Waals surface area contributed by atoms with Crippen LogP contribution >= 0.6 is 11.6 Å². The Morgan fingerprint density at radius 3 is 2.50 bits per heavy atom. The van der Waals surface area contributed by atoms with E-state index in [9.17, 15) is 0 Å². The number of alkyl halides is 1. The maximum absolute atomic E-state index is 5.84. The van der Waals surface area contributed by atoms with Gasteiger partial charge in [0.25, 0.3) is 0 Å². The first-order valence-electron chi connectivity index (χ1n) is 4.82. The fourth-order valence-electron chi connectivity index (χ4n) is 1.23. The Balaban J connectivity index is 1.95. The minimum atomic E-state index is 0.471. The van der Waals surface area contributed by atoms with Crippen molar-refractivity contribution in [1.29, 1.82) is 0 Å². The van der Waals surface area contributed by atoms with Crippen molar-refractivity contribution in [1.82, 2.24) is 0 Å². The van der Waals surface area contributed by atoms with Gasteiger partial charge in [0.1, 0.15) is 0 Å². The molecule has 12 heavy (non-hydrogen) atoms. The summed E-state index contributed by atoms with van der Waals surface area (Å²) in [7, 11) is 0. The molecular formula is C10H19ClO. The largest absolute Gasteiger partial charge is 0.381 e. The molecule has 1 fully saturated rings. The minimum Gasteiger partial charge on any atom is -0.381 e. The lowest BCUT2D eigenvalue weighted by Crippen LogP contribution is -2.09. The Kier molecular flexibility index (Phi) is 3.85. The molecule has 0 aromatic carbocycles. The molecule has 0 saturated heterocycles. The van der Waals surface area contributed by atoms with E-state index in [1.807, 2.05) is 0 Å². The molecule has 0 aromatic heterocycles. The van der Waals surface area contributed by atoms with Crippen LogP contribution in [0.15, 0.2) is 0 Å². The third kappa shape index (κ3) is 3.32. The SMILES string of the molecule is CC(C)COCCC1(CCl)CC1. The van der Waals surface area contributed by atoms with E-state index < -0.39 is 0 Å². The quantitative estimate of drug-likeness (QED) is 0.462. The van der Waals surface area contributed by atoms with E-state index in [-0.39, 0.29) is 0 Å². The van der Waals surface area contributed by atoms with Gasteiger partial charge in [-0.2, -0.15) is 0 Å². The molecular weight excluding hydrogens is 172 g/mol. The summed E-state index contributed by atoms with van der Waals surface area (Å²) in [6.07, 6.45) is 3.77. The molecule has 1 aliphatic rings. The van der Waals surface area contributed by atoms with Gasteiger partial charge in [-0.05, 0) is 30.6 Å². The van der Waals surface area contributed by atoms with Crippen LogP contribution in [-0.2, 0) is 4.74 Å². The highest BCUT2D eigenvalue weighted by Gasteiger charge is 2.40. The summed E-state index contributed by atoms with van der Waals surface area (Å²) in [5, 5.41) is 0. The molecule has 0 N–H and O–H groups in total. The normalized spacial score (nSPS) is 20.0. The van der Waals surface area contributed by atoms with E-state index in [2.05, 4.69) is 13.8 Å². The van der Waals surface area contributed by atoms with E-state index >= 15 is 0 Å². The molecule has 0 atom stereocenters. The van der Waals surface area contributed by atoms with Gasteiger partial charge in [-0.3, -0.25) is 0 Å². The number of halogens is 1. The van der Waals surface area contributed by atoms with E-state index in [1.165, 1.54) is 12.8 Å². The summed E-state index contributed by atoms with van der Waals surface area (Å²) in [5.41, 5.74) is 0.471. The molecule has 1 rings (SSSR count). The second-order valence-electron chi connectivity index (χ2n) is 4.35. The molecule has 1 nitrogen and oxygen atoms in total. The van der Waals surface area contributed by atoms with Crippen LogP contribution in [0.4, 0.5) is 0 Å². The highest BCUT2D eigenvalue weighted by Crippen LogP contribution is 2.49. The van der Waals surface area contributed by atoms with Crippen molar-refractivity contribution < 1.29 is 4.74 Å². The molecule has 0 bridgehead atoms. The maximum atomic E-state index is 5.84. The van der Waals surface area contributed by atoms with Crippen molar-refractivity contribution in [2.75, 3.05) is 19.1 Å². The Morgan fingerprint density at radius 2 is 2.08 bits per heavy atom. The molecule has 2 heteroatoms. The standard InChI is InChI=1S/C10H19ClO/c1-9(2)7-12-6-5-10(8-11)3-4-10/h9H,3-8H2,1-2H3. The van der Waals surface area contributed by atoms with Crippen molar-refractivity contribution in [2.24, 2.45) is 11.3 Å². The van der Waals surface area contributed by atoms with Gasteiger partial charge < -0.3 is 4.74 Å². The third-order valence-corrected chi connectivity index (χ3v) is 3.04. The van der Waals surface area contributed by atoms with Crippen molar-refractivity contribution in [3.63, 3.8) is 0 Å². The Hall–Kier alpha value is 0.250. The lowest BCUT2D eigenvalue weighted by atomic mass is 10.1. The molecule has 0 radical (unpaired) electrons. The van der Waals surface area contributed by atoms with Crippen LogP contribution in [0.25, 0.3) is 0 Å². The summed E-state index contributed by atoms with van der Waals surface area (Å²) >= 11 is 5.84. The van der Waals surface area contributed by atoms with Crippen molar-refractivity contribution >= 4 is 11.6 Å². The zero-order valence-corrected chi connectivity index (χ0v) is 8.86. The average molecular weight is 191 g/mol. The van der Waals surface area contributed by atoms with E-state index in [1.54, 1.807) is 0 Å². The van der Waals surface area contributed by atoms with Crippen molar-refractivity contribution in [2.45, 2.75) is 33.1 Å². The van der Waals surface area contributed by atoms with Gasteiger partial charge >= 0.3 is 0 Å². The van der Waals surface area contributed by atoms with Gasteiger partial charge in [0.05, 0.1) is 0 Å². The second kappa shape index (κ2) is 4.48. The van der Waals surface area contributed by atoms with Gasteiger partial charge in [-0.15, -0.1) is 11.6 Å². The Morgan fingerprint density at radius 1 is 1.42 bits per heavy atom. The lowest BCUT2D eigenvalue weighted by molar-refractivity contribution is 0.0973. The van der Waals surface area contributed by atoms with Crippen molar-refractivity contribution in [3.8, 4) is 0 Å². The smallest absolute Gasteiger partial charge is 0.0488 e. The minimum absolute atomic E-state index is 0.471. The predicted octanol–water partition coefficient (Wildman–Crippen LogP) is 3.07. The summed E-state index contributed by atoms with van der Waals surface area (Å²) in [5.74, 6) is 1.47. The number of hydrogen-bond acceptors (Lipinski definition) is 1. The Bertz CT molecular complexity index is 130. The topological polar surface area (TPSA) is 9.23 Å². The molecule has 72 valence electrons. The zero-order chi connectivity index (χ0) is 9.03. The van der Waals surface area contributed by atoms with E-state index in [0.717, 1.165) is 25.5 Å². The monoisotopic (exact) mass is 190 g/mol. The fraction of sp³-hybridized carbons (Fsp3) is 1.00. The van der Waals surface area contributed by atoms with Gasteiger partial charge in [0, 0.05) is 19.1 Å².